The Labute approximate surface area is 122 Å². The van der Waals surface area contributed by atoms with E-state index in [1.54, 1.807) is 0 Å². The molecule has 1 unspecified atom stereocenters. The van der Waals surface area contributed by atoms with Crippen molar-refractivity contribution >= 4 is 0 Å². The lowest BCUT2D eigenvalue weighted by Gasteiger charge is -2.31. The standard InChI is InChI=1S/C17H27NO2/c1-13-10-14(2)12-15(11-13)17(19)4-7-18(3)16-5-8-20-9-6-16/h10-12,16-17,19H,4-9H2,1-3H3. The molecule has 0 aliphatic carbocycles. The Morgan fingerprint density at radius 1 is 1.20 bits per heavy atom. The van der Waals surface area contributed by atoms with E-state index in [1.165, 1.54) is 11.1 Å². The van der Waals surface area contributed by atoms with Crippen LogP contribution >= 0.6 is 0 Å². The van der Waals surface area contributed by atoms with Crippen LogP contribution in [0.1, 0.15) is 42.1 Å². The zero-order chi connectivity index (χ0) is 14.5. The van der Waals surface area contributed by atoms with E-state index in [-0.39, 0.29) is 6.10 Å². The molecule has 1 heterocycles. The first-order valence-corrected chi connectivity index (χ1v) is 7.60. The van der Waals surface area contributed by atoms with Crippen LogP contribution in [-0.2, 0) is 4.74 Å². The van der Waals surface area contributed by atoms with Gasteiger partial charge in [0.15, 0.2) is 0 Å². The third kappa shape index (κ3) is 4.30. The van der Waals surface area contributed by atoms with Crippen molar-refractivity contribution < 1.29 is 9.84 Å². The molecular weight excluding hydrogens is 250 g/mol. The second kappa shape index (κ2) is 7.21. The average Bonchev–Trinajstić information content (AvgIpc) is 2.44. The topological polar surface area (TPSA) is 32.7 Å². The quantitative estimate of drug-likeness (QED) is 0.898. The molecule has 0 amide bonds. The van der Waals surface area contributed by atoms with E-state index in [9.17, 15) is 5.11 Å². The zero-order valence-electron chi connectivity index (χ0n) is 12.9. The SMILES string of the molecule is Cc1cc(C)cc(C(O)CCN(C)C2CCOCC2)c1. The van der Waals surface area contributed by atoms with Gasteiger partial charge in [-0.2, -0.15) is 0 Å². The molecule has 1 atom stereocenters. The molecule has 1 fully saturated rings. The van der Waals surface area contributed by atoms with E-state index < -0.39 is 0 Å². The summed E-state index contributed by atoms with van der Waals surface area (Å²) >= 11 is 0. The first kappa shape index (κ1) is 15.5. The third-order valence-corrected chi connectivity index (χ3v) is 4.20. The van der Waals surface area contributed by atoms with Crippen molar-refractivity contribution in [2.45, 2.75) is 45.3 Å². The number of nitrogens with zero attached hydrogens (tertiary/aromatic N) is 1. The van der Waals surface area contributed by atoms with Crippen molar-refractivity contribution in [1.82, 2.24) is 4.90 Å². The maximum atomic E-state index is 10.4. The van der Waals surface area contributed by atoms with Gasteiger partial charge in [0.25, 0.3) is 0 Å². The Morgan fingerprint density at radius 2 is 1.80 bits per heavy atom. The van der Waals surface area contributed by atoms with E-state index in [0.29, 0.717) is 6.04 Å². The minimum Gasteiger partial charge on any atom is -0.388 e. The normalized spacial score (nSPS) is 18.4. The molecule has 3 nitrogen and oxygen atoms in total. The molecule has 0 radical (unpaired) electrons. The molecule has 112 valence electrons. The maximum Gasteiger partial charge on any atom is 0.0802 e. The van der Waals surface area contributed by atoms with Crippen molar-refractivity contribution in [3.05, 3.63) is 34.9 Å². The van der Waals surface area contributed by atoms with E-state index in [1.807, 2.05) is 0 Å². The molecule has 1 aromatic rings. The van der Waals surface area contributed by atoms with Crippen LogP contribution in [0.5, 0.6) is 0 Å². The Kier molecular flexibility index (Phi) is 5.58. The minimum atomic E-state index is -0.365. The average molecular weight is 277 g/mol. The minimum absolute atomic E-state index is 0.365. The fourth-order valence-electron chi connectivity index (χ4n) is 3.00. The van der Waals surface area contributed by atoms with Gasteiger partial charge in [0.1, 0.15) is 0 Å². The number of aliphatic hydroxyl groups is 1. The van der Waals surface area contributed by atoms with Gasteiger partial charge in [-0.15, -0.1) is 0 Å². The van der Waals surface area contributed by atoms with Gasteiger partial charge in [-0.1, -0.05) is 29.3 Å². The van der Waals surface area contributed by atoms with Crippen LogP contribution in [0.25, 0.3) is 0 Å². The lowest BCUT2D eigenvalue weighted by molar-refractivity contribution is 0.0377. The number of aryl methyl sites for hydroxylation is 2. The monoisotopic (exact) mass is 277 g/mol. The molecule has 1 N–H and O–H groups in total. The molecule has 20 heavy (non-hydrogen) atoms. The summed E-state index contributed by atoms with van der Waals surface area (Å²) in [5, 5.41) is 10.4. The van der Waals surface area contributed by atoms with E-state index in [4.69, 9.17) is 4.74 Å². The van der Waals surface area contributed by atoms with Gasteiger partial charge in [0, 0.05) is 25.8 Å². The van der Waals surface area contributed by atoms with E-state index >= 15 is 0 Å². The van der Waals surface area contributed by atoms with Crippen LogP contribution in [0.15, 0.2) is 18.2 Å². The molecule has 0 aromatic heterocycles. The molecule has 0 bridgehead atoms. The third-order valence-electron chi connectivity index (χ3n) is 4.20. The Bertz CT molecular complexity index is 407. The number of ether oxygens (including phenoxy) is 1. The smallest absolute Gasteiger partial charge is 0.0802 e. The van der Waals surface area contributed by atoms with Crippen LogP contribution in [0.4, 0.5) is 0 Å². The number of benzene rings is 1. The Hall–Kier alpha value is -0.900. The fraction of sp³-hybridized carbons (Fsp3) is 0.647. The van der Waals surface area contributed by atoms with E-state index in [0.717, 1.165) is 44.6 Å². The second-order valence-corrected chi connectivity index (χ2v) is 6.05. The van der Waals surface area contributed by atoms with Crippen molar-refractivity contribution in [3.8, 4) is 0 Å². The molecule has 3 heteroatoms. The van der Waals surface area contributed by atoms with Gasteiger partial charge in [-0.3, -0.25) is 0 Å². The molecular formula is C17H27NO2. The summed E-state index contributed by atoms with van der Waals surface area (Å²) in [5.41, 5.74) is 3.48. The van der Waals surface area contributed by atoms with E-state index in [2.05, 4.69) is 44.0 Å². The lowest BCUT2D eigenvalue weighted by atomic mass is 10.0. The number of rotatable bonds is 5. The molecule has 1 aliphatic heterocycles. The predicted molar refractivity (Wildman–Crippen MR) is 82.0 cm³/mol. The maximum absolute atomic E-state index is 10.4. The Morgan fingerprint density at radius 3 is 2.40 bits per heavy atom. The predicted octanol–water partition coefficient (Wildman–Crippen LogP) is 2.84. The molecule has 0 spiro atoms. The second-order valence-electron chi connectivity index (χ2n) is 6.05. The summed E-state index contributed by atoms with van der Waals surface area (Å²) in [6, 6.07) is 6.93. The van der Waals surface area contributed by atoms with Crippen molar-refractivity contribution in [3.63, 3.8) is 0 Å². The van der Waals surface area contributed by atoms with Gasteiger partial charge >= 0.3 is 0 Å². The fourth-order valence-corrected chi connectivity index (χ4v) is 3.00. The van der Waals surface area contributed by atoms with Crippen LogP contribution in [-0.4, -0.2) is 42.9 Å². The summed E-state index contributed by atoms with van der Waals surface area (Å²) in [6.45, 7) is 6.83. The highest BCUT2D eigenvalue weighted by molar-refractivity contribution is 5.29. The van der Waals surface area contributed by atoms with Crippen LogP contribution in [0, 0.1) is 13.8 Å². The highest BCUT2D eigenvalue weighted by Gasteiger charge is 2.19. The summed E-state index contributed by atoms with van der Waals surface area (Å²) in [7, 11) is 2.16. The highest BCUT2D eigenvalue weighted by Crippen LogP contribution is 2.21. The van der Waals surface area contributed by atoms with Crippen molar-refractivity contribution in [2.24, 2.45) is 0 Å². The van der Waals surface area contributed by atoms with Crippen molar-refractivity contribution in [2.75, 3.05) is 26.8 Å². The summed E-state index contributed by atoms with van der Waals surface area (Å²) in [5.74, 6) is 0. The summed E-state index contributed by atoms with van der Waals surface area (Å²) in [4.78, 5) is 2.37. The lowest BCUT2D eigenvalue weighted by Crippen LogP contribution is -2.37. The first-order chi connectivity index (χ1) is 9.56. The van der Waals surface area contributed by atoms with Gasteiger partial charge < -0.3 is 14.7 Å². The van der Waals surface area contributed by atoms with Gasteiger partial charge in [0.05, 0.1) is 6.10 Å². The molecule has 1 aliphatic rings. The first-order valence-electron chi connectivity index (χ1n) is 7.60. The molecule has 2 rings (SSSR count). The number of hydrogen-bond donors (Lipinski definition) is 1. The highest BCUT2D eigenvalue weighted by atomic mass is 16.5. The van der Waals surface area contributed by atoms with Gasteiger partial charge in [-0.25, -0.2) is 0 Å². The molecule has 0 saturated carbocycles. The van der Waals surface area contributed by atoms with Gasteiger partial charge in [-0.05, 0) is 45.7 Å². The zero-order valence-corrected chi connectivity index (χ0v) is 12.9. The largest absolute Gasteiger partial charge is 0.388 e. The summed E-state index contributed by atoms with van der Waals surface area (Å²) < 4.78 is 5.40. The molecule has 1 aromatic carbocycles. The van der Waals surface area contributed by atoms with Crippen LogP contribution < -0.4 is 0 Å². The molecule has 1 saturated heterocycles. The Balaban J connectivity index is 1.86. The number of hydrogen-bond acceptors (Lipinski definition) is 3. The van der Waals surface area contributed by atoms with Gasteiger partial charge in [0.2, 0.25) is 0 Å². The van der Waals surface area contributed by atoms with Crippen LogP contribution in [0.2, 0.25) is 0 Å². The summed E-state index contributed by atoms with van der Waals surface area (Å²) in [6.07, 6.45) is 2.64. The van der Waals surface area contributed by atoms with Crippen LogP contribution in [0.3, 0.4) is 0 Å². The number of aliphatic hydroxyl groups excluding tert-OH is 1. The van der Waals surface area contributed by atoms with Crippen molar-refractivity contribution in [1.29, 1.82) is 0 Å².